The number of benzene rings is 1. The molecule has 0 heterocycles. The molecule has 0 aliphatic heterocycles. The highest BCUT2D eigenvalue weighted by Gasteiger charge is 2.18. The number of ether oxygens (including phenoxy) is 1. The summed E-state index contributed by atoms with van der Waals surface area (Å²) in [5, 5.41) is 0. The Hall–Kier alpha value is -1.05. The lowest BCUT2D eigenvalue weighted by Gasteiger charge is -2.14. The van der Waals surface area contributed by atoms with Crippen molar-refractivity contribution in [2.45, 2.75) is 45.1 Å². The molecule has 2 rings (SSSR count). The van der Waals surface area contributed by atoms with Crippen LogP contribution in [0.4, 0.5) is 4.39 Å². The van der Waals surface area contributed by atoms with Gasteiger partial charge >= 0.3 is 0 Å². The smallest absolute Gasteiger partial charge is 0.165 e. The van der Waals surface area contributed by atoms with E-state index in [-0.39, 0.29) is 11.9 Å². The van der Waals surface area contributed by atoms with E-state index in [0.29, 0.717) is 5.75 Å². The van der Waals surface area contributed by atoms with E-state index < -0.39 is 0 Å². The molecule has 1 saturated carbocycles. The molecule has 1 aliphatic rings. The second kappa shape index (κ2) is 4.65. The molecule has 0 amide bonds. The van der Waals surface area contributed by atoms with E-state index in [1.165, 1.54) is 18.9 Å². The standard InChI is InChI=1S/C13H17FO/c1-2-10-7-8-12(14)13(9-10)15-11-5-3-4-6-11/h7-9,11H,2-6H2,1H3. The second-order valence-electron chi connectivity index (χ2n) is 4.14. The molecule has 1 fully saturated rings. The Morgan fingerprint density at radius 2 is 2.07 bits per heavy atom. The molecule has 0 unspecified atom stereocenters. The van der Waals surface area contributed by atoms with Crippen LogP contribution in [0.15, 0.2) is 18.2 Å². The Labute approximate surface area is 90.3 Å². The summed E-state index contributed by atoms with van der Waals surface area (Å²) in [6.45, 7) is 2.06. The van der Waals surface area contributed by atoms with Crippen LogP contribution in [0.3, 0.4) is 0 Å². The van der Waals surface area contributed by atoms with Gasteiger partial charge in [-0.25, -0.2) is 4.39 Å². The average Bonchev–Trinajstić information content (AvgIpc) is 2.74. The van der Waals surface area contributed by atoms with E-state index in [0.717, 1.165) is 24.8 Å². The maximum atomic E-state index is 13.4. The molecule has 0 bridgehead atoms. The molecule has 0 aromatic heterocycles. The Bertz CT molecular complexity index is 329. The summed E-state index contributed by atoms with van der Waals surface area (Å²) >= 11 is 0. The molecule has 15 heavy (non-hydrogen) atoms. The lowest BCUT2D eigenvalue weighted by Crippen LogP contribution is -2.12. The molecule has 1 aromatic rings. The van der Waals surface area contributed by atoms with Gasteiger partial charge in [-0.05, 0) is 49.8 Å². The van der Waals surface area contributed by atoms with Crippen LogP contribution in [0.2, 0.25) is 0 Å². The second-order valence-corrected chi connectivity index (χ2v) is 4.14. The minimum atomic E-state index is -0.237. The van der Waals surface area contributed by atoms with E-state index in [9.17, 15) is 4.39 Å². The topological polar surface area (TPSA) is 9.23 Å². The fraction of sp³-hybridized carbons (Fsp3) is 0.538. The third-order valence-corrected chi connectivity index (χ3v) is 3.00. The number of aryl methyl sites for hydroxylation is 1. The zero-order valence-corrected chi connectivity index (χ0v) is 9.13. The third kappa shape index (κ3) is 2.49. The van der Waals surface area contributed by atoms with Crippen LogP contribution in [0, 0.1) is 5.82 Å². The van der Waals surface area contributed by atoms with E-state index in [1.54, 1.807) is 0 Å². The van der Waals surface area contributed by atoms with Crippen LogP contribution >= 0.6 is 0 Å². The first kappa shape index (κ1) is 10.5. The lowest BCUT2D eigenvalue weighted by atomic mass is 10.1. The zero-order chi connectivity index (χ0) is 10.7. The van der Waals surface area contributed by atoms with Gasteiger partial charge in [0.15, 0.2) is 11.6 Å². The molecule has 1 aliphatic carbocycles. The van der Waals surface area contributed by atoms with E-state index in [2.05, 4.69) is 6.92 Å². The van der Waals surface area contributed by atoms with Crippen LogP contribution in [0.1, 0.15) is 38.2 Å². The van der Waals surface area contributed by atoms with E-state index in [4.69, 9.17) is 4.74 Å². The Balaban J connectivity index is 2.11. The molecular formula is C13H17FO. The number of hydrogen-bond acceptors (Lipinski definition) is 1. The van der Waals surface area contributed by atoms with Gasteiger partial charge in [0.25, 0.3) is 0 Å². The third-order valence-electron chi connectivity index (χ3n) is 3.00. The molecule has 1 aromatic carbocycles. The summed E-state index contributed by atoms with van der Waals surface area (Å²) < 4.78 is 19.1. The average molecular weight is 208 g/mol. The fourth-order valence-electron chi connectivity index (χ4n) is 2.04. The number of halogens is 1. The first-order valence-electron chi connectivity index (χ1n) is 5.74. The molecule has 0 radical (unpaired) electrons. The maximum absolute atomic E-state index is 13.4. The van der Waals surface area contributed by atoms with Crippen molar-refractivity contribution in [2.24, 2.45) is 0 Å². The summed E-state index contributed by atoms with van der Waals surface area (Å²) in [4.78, 5) is 0. The van der Waals surface area contributed by atoms with Gasteiger partial charge in [0.05, 0.1) is 6.10 Å². The van der Waals surface area contributed by atoms with Gasteiger partial charge in [-0.1, -0.05) is 13.0 Å². The first-order chi connectivity index (χ1) is 7.29. The SMILES string of the molecule is CCc1ccc(F)c(OC2CCCC2)c1. The molecular weight excluding hydrogens is 191 g/mol. The van der Waals surface area contributed by atoms with Crippen molar-refractivity contribution in [1.82, 2.24) is 0 Å². The predicted molar refractivity (Wildman–Crippen MR) is 58.7 cm³/mol. The van der Waals surface area contributed by atoms with Gasteiger partial charge in [0.1, 0.15) is 0 Å². The van der Waals surface area contributed by atoms with Crippen molar-refractivity contribution in [3.8, 4) is 5.75 Å². The van der Waals surface area contributed by atoms with Crippen LogP contribution in [0.5, 0.6) is 5.75 Å². The summed E-state index contributed by atoms with van der Waals surface area (Å²) in [5.41, 5.74) is 1.13. The monoisotopic (exact) mass is 208 g/mol. The van der Waals surface area contributed by atoms with Gasteiger partial charge < -0.3 is 4.74 Å². The quantitative estimate of drug-likeness (QED) is 0.735. The summed E-state index contributed by atoms with van der Waals surface area (Å²) in [7, 11) is 0. The summed E-state index contributed by atoms with van der Waals surface area (Å²) in [5.74, 6) is 0.195. The van der Waals surface area contributed by atoms with Crippen LogP contribution < -0.4 is 4.74 Å². The largest absolute Gasteiger partial charge is 0.487 e. The van der Waals surface area contributed by atoms with Crippen molar-refractivity contribution >= 4 is 0 Å². The van der Waals surface area contributed by atoms with E-state index in [1.807, 2.05) is 12.1 Å². The summed E-state index contributed by atoms with van der Waals surface area (Å²) in [6, 6.07) is 5.15. The van der Waals surface area contributed by atoms with Gasteiger partial charge in [0, 0.05) is 0 Å². The van der Waals surface area contributed by atoms with Gasteiger partial charge in [-0.15, -0.1) is 0 Å². The van der Waals surface area contributed by atoms with Crippen molar-refractivity contribution in [2.75, 3.05) is 0 Å². The minimum absolute atomic E-state index is 0.228. The van der Waals surface area contributed by atoms with Gasteiger partial charge in [0.2, 0.25) is 0 Å². The molecule has 2 heteroatoms. The Morgan fingerprint density at radius 3 is 2.73 bits per heavy atom. The van der Waals surface area contributed by atoms with Crippen molar-refractivity contribution in [3.63, 3.8) is 0 Å². The highest BCUT2D eigenvalue weighted by atomic mass is 19.1. The Kier molecular flexibility index (Phi) is 3.24. The van der Waals surface area contributed by atoms with Crippen molar-refractivity contribution in [3.05, 3.63) is 29.6 Å². The molecule has 0 saturated heterocycles. The van der Waals surface area contributed by atoms with Crippen LogP contribution in [-0.2, 0) is 6.42 Å². The highest BCUT2D eigenvalue weighted by molar-refractivity contribution is 5.30. The minimum Gasteiger partial charge on any atom is -0.487 e. The normalized spacial score (nSPS) is 16.9. The van der Waals surface area contributed by atoms with Crippen molar-refractivity contribution < 1.29 is 9.13 Å². The molecule has 0 atom stereocenters. The number of rotatable bonds is 3. The van der Waals surface area contributed by atoms with E-state index >= 15 is 0 Å². The number of hydrogen-bond donors (Lipinski definition) is 0. The van der Waals surface area contributed by atoms with Crippen LogP contribution in [0.25, 0.3) is 0 Å². The molecule has 0 N–H and O–H groups in total. The maximum Gasteiger partial charge on any atom is 0.165 e. The summed E-state index contributed by atoms with van der Waals surface area (Å²) in [6.07, 6.45) is 5.69. The highest BCUT2D eigenvalue weighted by Crippen LogP contribution is 2.26. The van der Waals surface area contributed by atoms with Crippen LogP contribution in [-0.4, -0.2) is 6.10 Å². The molecule has 82 valence electrons. The van der Waals surface area contributed by atoms with Crippen molar-refractivity contribution in [1.29, 1.82) is 0 Å². The Morgan fingerprint density at radius 1 is 1.33 bits per heavy atom. The van der Waals surface area contributed by atoms with Gasteiger partial charge in [-0.3, -0.25) is 0 Å². The predicted octanol–water partition coefficient (Wildman–Crippen LogP) is 3.71. The molecule has 1 nitrogen and oxygen atoms in total. The zero-order valence-electron chi connectivity index (χ0n) is 9.13. The fourth-order valence-corrected chi connectivity index (χ4v) is 2.04. The first-order valence-corrected chi connectivity index (χ1v) is 5.74. The lowest BCUT2D eigenvalue weighted by molar-refractivity contribution is 0.200. The molecule has 0 spiro atoms. The van der Waals surface area contributed by atoms with Gasteiger partial charge in [-0.2, -0.15) is 0 Å².